The van der Waals surface area contributed by atoms with Gasteiger partial charge in [-0.3, -0.25) is 0 Å². The lowest BCUT2D eigenvalue weighted by Crippen LogP contribution is -2.15. The highest BCUT2D eigenvalue weighted by Crippen LogP contribution is 2.19. The second-order valence-electron chi connectivity index (χ2n) is 4.52. The van der Waals surface area contributed by atoms with Gasteiger partial charge in [-0.25, -0.2) is 9.78 Å². The van der Waals surface area contributed by atoms with Crippen LogP contribution in [0.25, 0.3) is 0 Å². The van der Waals surface area contributed by atoms with Gasteiger partial charge in [-0.1, -0.05) is 12.1 Å². The van der Waals surface area contributed by atoms with E-state index in [1.54, 1.807) is 0 Å². The van der Waals surface area contributed by atoms with Crippen molar-refractivity contribution in [3.8, 4) is 5.75 Å². The van der Waals surface area contributed by atoms with Gasteiger partial charge < -0.3 is 20.9 Å². The van der Waals surface area contributed by atoms with Crippen molar-refractivity contribution in [1.82, 2.24) is 4.98 Å². The van der Waals surface area contributed by atoms with E-state index in [1.807, 2.05) is 31.2 Å². The Balaban J connectivity index is 1.89. The van der Waals surface area contributed by atoms with Gasteiger partial charge in [0.15, 0.2) is 0 Å². The van der Waals surface area contributed by atoms with Crippen LogP contribution in [0.5, 0.6) is 5.75 Å². The number of rotatable bonds is 6. The Morgan fingerprint density at radius 3 is 2.95 bits per heavy atom. The fourth-order valence-corrected chi connectivity index (χ4v) is 1.84. The summed E-state index contributed by atoms with van der Waals surface area (Å²) in [6.45, 7) is 2.88. The van der Waals surface area contributed by atoms with E-state index in [-0.39, 0.29) is 11.3 Å². The van der Waals surface area contributed by atoms with Gasteiger partial charge in [0.1, 0.15) is 18.2 Å². The number of aryl methyl sites for hydroxylation is 1. The van der Waals surface area contributed by atoms with Crippen molar-refractivity contribution in [2.75, 3.05) is 24.2 Å². The molecule has 0 bridgehead atoms. The van der Waals surface area contributed by atoms with E-state index < -0.39 is 5.97 Å². The predicted octanol–water partition coefficient (Wildman–Crippen LogP) is 2.16. The van der Waals surface area contributed by atoms with Gasteiger partial charge in [0.25, 0.3) is 0 Å². The van der Waals surface area contributed by atoms with Crippen molar-refractivity contribution in [3.63, 3.8) is 0 Å². The monoisotopic (exact) mass is 287 g/mol. The fourth-order valence-electron chi connectivity index (χ4n) is 1.84. The van der Waals surface area contributed by atoms with Crippen molar-refractivity contribution in [3.05, 3.63) is 47.7 Å². The number of pyridine rings is 1. The molecule has 1 aromatic carbocycles. The smallest absolute Gasteiger partial charge is 0.337 e. The predicted molar refractivity (Wildman–Crippen MR) is 80.8 cm³/mol. The SMILES string of the molecule is Cc1cccc(OCCNc2nccc(C(=O)O)c2N)c1. The minimum absolute atomic E-state index is 0.0344. The average Bonchev–Trinajstić information content (AvgIpc) is 2.45. The fraction of sp³-hybridized carbons (Fsp3) is 0.200. The molecule has 2 rings (SSSR count). The maximum atomic E-state index is 11.0. The molecule has 0 amide bonds. The Labute approximate surface area is 122 Å². The number of carboxylic acids is 1. The summed E-state index contributed by atoms with van der Waals surface area (Å²) in [6.07, 6.45) is 1.41. The maximum Gasteiger partial charge on any atom is 0.337 e. The molecule has 0 saturated heterocycles. The number of aromatic carboxylic acids is 1. The molecule has 0 saturated carbocycles. The Morgan fingerprint density at radius 1 is 1.43 bits per heavy atom. The molecule has 0 radical (unpaired) electrons. The molecule has 6 nitrogen and oxygen atoms in total. The topological polar surface area (TPSA) is 97.5 Å². The molecule has 21 heavy (non-hydrogen) atoms. The molecule has 0 aliphatic carbocycles. The van der Waals surface area contributed by atoms with Gasteiger partial charge in [0, 0.05) is 6.20 Å². The number of benzene rings is 1. The highest BCUT2D eigenvalue weighted by atomic mass is 16.5. The quantitative estimate of drug-likeness (QED) is 0.704. The first kappa shape index (κ1) is 14.6. The zero-order chi connectivity index (χ0) is 15.2. The lowest BCUT2D eigenvalue weighted by atomic mass is 10.2. The molecule has 0 fully saturated rings. The molecule has 0 spiro atoms. The summed E-state index contributed by atoms with van der Waals surface area (Å²) in [4.78, 5) is 15.0. The number of nitrogens with two attached hydrogens (primary N) is 1. The van der Waals surface area contributed by atoms with E-state index in [2.05, 4.69) is 10.3 Å². The van der Waals surface area contributed by atoms with Crippen molar-refractivity contribution in [1.29, 1.82) is 0 Å². The summed E-state index contributed by atoms with van der Waals surface area (Å²) in [5.74, 6) is 0.0636. The molecular weight excluding hydrogens is 270 g/mol. The average molecular weight is 287 g/mol. The number of anilines is 2. The normalized spacial score (nSPS) is 10.1. The van der Waals surface area contributed by atoms with E-state index in [4.69, 9.17) is 15.6 Å². The molecule has 0 unspecified atom stereocenters. The van der Waals surface area contributed by atoms with E-state index >= 15 is 0 Å². The molecule has 4 N–H and O–H groups in total. The van der Waals surface area contributed by atoms with Crippen LogP contribution in [0.2, 0.25) is 0 Å². The third-order valence-electron chi connectivity index (χ3n) is 2.87. The number of aromatic nitrogens is 1. The number of nitrogens with one attached hydrogen (secondary N) is 1. The summed E-state index contributed by atoms with van der Waals surface area (Å²) in [6, 6.07) is 9.11. The molecule has 0 aliphatic heterocycles. The Morgan fingerprint density at radius 2 is 2.24 bits per heavy atom. The molecular formula is C15H17N3O3. The first-order chi connectivity index (χ1) is 10.1. The lowest BCUT2D eigenvalue weighted by molar-refractivity contribution is 0.0698. The summed E-state index contributed by atoms with van der Waals surface area (Å²) in [7, 11) is 0. The Bertz CT molecular complexity index is 644. The minimum Gasteiger partial charge on any atom is -0.492 e. The Hall–Kier alpha value is -2.76. The van der Waals surface area contributed by atoms with Crippen molar-refractivity contribution in [2.24, 2.45) is 0 Å². The van der Waals surface area contributed by atoms with Crippen LogP contribution >= 0.6 is 0 Å². The molecule has 6 heteroatoms. The summed E-state index contributed by atoms with van der Waals surface area (Å²) >= 11 is 0. The van der Waals surface area contributed by atoms with Gasteiger partial charge in [0.05, 0.1) is 17.8 Å². The first-order valence-electron chi connectivity index (χ1n) is 6.49. The van der Waals surface area contributed by atoms with Crippen LogP contribution in [-0.2, 0) is 0 Å². The van der Waals surface area contributed by atoms with Gasteiger partial charge >= 0.3 is 5.97 Å². The molecule has 0 aliphatic rings. The number of hydrogen-bond acceptors (Lipinski definition) is 5. The third-order valence-corrected chi connectivity index (χ3v) is 2.87. The first-order valence-corrected chi connectivity index (χ1v) is 6.49. The number of nitrogen functional groups attached to an aromatic ring is 1. The highest BCUT2D eigenvalue weighted by molar-refractivity contribution is 5.96. The van der Waals surface area contributed by atoms with Gasteiger partial charge in [-0.2, -0.15) is 0 Å². The van der Waals surface area contributed by atoms with Crippen molar-refractivity contribution < 1.29 is 14.6 Å². The zero-order valence-electron chi connectivity index (χ0n) is 11.7. The van der Waals surface area contributed by atoms with Crippen LogP contribution in [0.4, 0.5) is 11.5 Å². The summed E-state index contributed by atoms with van der Waals surface area (Å²) in [5, 5.41) is 11.9. The van der Waals surface area contributed by atoms with Crippen molar-refractivity contribution >= 4 is 17.5 Å². The molecule has 1 heterocycles. The van der Waals surface area contributed by atoms with E-state index in [0.717, 1.165) is 11.3 Å². The van der Waals surface area contributed by atoms with E-state index in [9.17, 15) is 4.79 Å². The van der Waals surface area contributed by atoms with Crippen LogP contribution in [0.15, 0.2) is 36.5 Å². The van der Waals surface area contributed by atoms with Crippen LogP contribution < -0.4 is 15.8 Å². The second-order valence-corrected chi connectivity index (χ2v) is 4.52. The maximum absolute atomic E-state index is 11.0. The number of carbonyl (C=O) groups is 1. The molecule has 110 valence electrons. The van der Waals surface area contributed by atoms with Gasteiger partial charge in [-0.05, 0) is 30.7 Å². The minimum atomic E-state index is -1.08. The summed E-state index contributed by atoms with van der Waals surface area (Å²) < 4.78 is 5.58. The van der Waals surface area contributed by atoms with Crippen LogP contribution in [0, 0.1) is 6.92 Å². The lowest BCUT2D eigenvalue weighted by Gasteiger charge is -2.11. The summed E-state index contributed by atoms with van der Waals surface area (Å²) in [5.41, 5.74) is 7.04. The number of nitrogens with zero attached hydrogens (tertiary/aromatic N) is 1. The van der Waals surface area contributed by atoms with E-state index in [0.29, 0.717) is 19.0 Å². The Kier molecular flexibility index (Phi) is 4.61. The molecule has 2 aromatic rings. The second kappa shape index (κ2) is 6.60. The highest BCUT2D eigenvalue weighted by Gasteiger charge is 2.11. The number of hydrogen-bond donors (Lipinski definition) is 3. The molecule has 1 aromatic heterocycles. The van der Waals surface area contributed by atoms with Crippen molar-refractivity contribution in [2.45, 2.75) is 6.92 Å². The van der Waals surface area contributed by atoms with E-state index in [1.165, 1.54) is 12.3 Å². The van der Waals surface area contributed by atoms with Gasteiger partial charge in [-0.15, -0.1) is 0 Å². The largest absolute Gasteiger partial charge is 0.492 e. The number of ether oxygens (including phenoxy) is 1. The molecule has 0 atom stereocenters. The van der Waals surface area contributed by atoms with Crippen LogP contribution in [0.1, 0.15) is 15.9 Å². The number of carboxylic acid groups (broad SMARTS) is 1. The van der Waals surface area contributed by atoms with Crippen LogP contribution in [0.3, 0.4) is 0 Å². The standard InChI is InChI=1S/C15H17N3O3/c1-10-3-2-4-11(9-10)21-8-7-18-14-13(16)12(15(19)20)5-6-17-14/h2-6,9H,7-8,16H2,1H3,(H,17,18)(H,19,20). The third kappa shape index (κ3) is 3.85. The van der Waals surface area contributed by atoms with Gasteiger partial charge in [0.2, 0.25) is 0 Å². The van der Waals surface area contributed by atoms with Crippen LogP contribution in [-0.4, -0.2) is 29.2 Å². The zero-order valence-corrected chi connectivity index (χ0v) is 11.7.